The summed E-state index contributed by atoms with van der Waals surface area (Å²) in [6, 6.07) is 9.03. The monoisotopic (exact) mass is 439 g/mol. The van der Waals surface area contributed by atoms with Gasteiger partial charge in [-0.2, -0.15) is 0 Å². The van der Waals surface area contributed by atoms with Crippen molar-refractivity contribution in [3.05, 3.63) is 45.6 Å². The number of hydrogen-bond donors (Lipinski definition) is 1. The molecule has 0 saturated heterocycles. The molecule has 1 aromatic carbocycles. The Hall–Kier alpha value is -2.67. The van der Waals surface area contributed by atoms with Gasteiger partial charge in [-0.1, -0.05) is 25.5 Å². The minimum atomic E-state index is -0.292. The summed E-state index contributed by atoms with van der Waals surface area (Å²) in [5, 5.41) is 2.86. The number of carbonyl (C=O) groups is 3. The van der Waals surface area contributed by atoms with Crippen LogP contribution in [-0.4, -0.2) is 42.3 Å². The minimum absolute atomic E-state index is 0.0359. The van der Waals surface area contributed by atoms with Gasteiger partial charge < -0.3 is 15.1 Å². The third kappa shape index (κ3) is 4.37. The Morgan fingerprint density at radius 2 is 2.03 bits per heavy atom. The van der Waals surface area contributed by atoms with Crippen molar-refractivity contribution in [3.8, 4) is 0 Å². The Morgan fingerprint density at radius 3 is 2.81 bits per heavy atom. The van der Waals surface area contributed by atoms with E-state index >= 15 is 0 Å². The number of rotatable bonds is 4. The molecule has 3 amide bonds. The number of likely N-dealkylation sites (N-methyl/N-ethyl adjacent to an activating group) is 1. The lowest BCUT2D eigenvalue weighted by Gasteiger charge is -2.29. The molecule has 0 spiro atoms. The number of benzene rings is 1. The first-order valence-electron chi connectivity index (χ1n) is 10.9. The van der Waals surface area contributed by atoms with Gasteiger partial charge in [0.05, 0.1) is 16.3 Å². The van der Waals surface area contributed by atoms with Gasteiger partial charge in [0.15, 0.2) is 0 Å². The van der Waals surface area contributed by atoms with Crippen molar-refractivity contribution in [1.82, 2.24) is 4.90 Å². The molecule has 0 bridgehead atoms. The van der Waals surface area contributed by atoms with Crippen LogP contribution >= 0.6 is 11.3 Å². The Labute approximate surface area is 187 Å². The smallest absolute Gasteiger partial charge is 0.264 e. The normalized spacial score (nSPS) is 20.4. The predicted molar refractivity (Wildman–Crippen MR) is 124 cm³/mol. The Balaban J connectivity index is 1.50. The zero-order valence-electron chi connectivity index (χ0n) is 18.3. The molecular weight excluding hydrogens is 410 g/mol. The van der Waals surface area contributed by atoms with Gasteiger partial charge in [0, 0.05) is 24.4 Å². The first kappa shape index (κ1) is 21.6. The van der Waals surface area contributed by atoms with E-state index in [-0.39, 0.29) is 36.7 Å². The Bertz CT molecular complexity index is 1020. The van der Waals surface area contributed by atoms with Crippen molar-refractivity contribution in [1.29, 1.82) is 0 Å². The van der Waals surface area contributed by atoms with Crippen LogP contribution in [0.1, 0.15) is 53.2 Å². The van der Waals surface area contributed by atoms with Crippen LogP contribution in [0.15, 0.2) is 30.3 Å². The van der Waals surface area contributed by atoms with Crippen molar-refractivity contribution >= 4 is 40.4 Å². The van der Waals surface area contributed by atoms with Crippen molar-refractivity contribution in [3.63, 3.8) is 0 Å². The van der Waals surface area contributed by atoms with E-state index in [1.165, 1.54) is 28.2 Å². The molecule has 164 valence electrons. The molecule has 7 heteroatoms. The largest absolute Gasteiger partial charge is 0.332 e. The van der Waals surface area contributed by atoms with Crippen LogP contribution in [0.3, 0.4) is 0 Å². The van der Waals surface area contributed by atoms with Crippen molar-refractivity contribution in [2.75, 3.05) is 23.8 Å². The molecule has 2 heterocycles. The molecular formula is C24H29N3O3S. The van der Waals surface area contributed by atoms with Gasteiger partial charge in [-0.25, -0.2) is 0 Å². The Kier molecular flexibility index (Phi) is 6.14. The van der Waals surface area contributed by atoms with E-state index in [1.807, 2.05) is 31.2 Å². The quantitative estimate of drug-likeness (QED) is 0.780. The van der Waals surface area contributed by atoms with Crippen LogP contribution < -0.4 is 10.2 Å². The summed E-state index contributed by atoms with van der Waals surface area (Å²) in [7, 11) is 1.67. The number of aryl methyl sites for hydroxylation is 1. The number of nitrogens with one attached hydrogen (secondary N) is 1. The molecule has 1 aliphatic carbocycles. The van der Waals surface area contributed by atoms with E-state index in [0.29, 0.717) is 22.2 Å². The fraction of sp³-hybridized carbons (Fsp3) is 0.458. The van der Waals surface area contributed by atoms with Gasteiger partial charge in [-0.3, -0.25) is 14.4 Å². The molecule has 0 unspecified atom stereocenters. The SMILES string of the molecule is CC[C@H]1CCc2sc(C(=O)N(C)CC(=O)N3c4ccccc4NC(=O)C[C@@H]3C)cc2C1. The number of anilines is 2. The van der Waals surface area contributed by atoms with Gasteiger partial charge >= 0.3 is 0 Å². The number of amides is 3. The fourth-order valence-corrected chi connectivity index (χ4v) is 5.76. The van der Waals surface area contributed by atoms with E-state index in [0.717, 1.165) is 12.8 Å². The van der Waals surface area contributed by atoms with Gasteiger partial charge in [0.1, 0.15) is 6.54 Å². The van der Waals surface area contributed by atoms with E-state index < -0.39 is 0 Å². The average molecular weight is 440 g/mol. The van der Waals surface area contributed by atoms with Crippen LogP contribution in [0.4, 0.5) is 11.4 Å². The van der Waals surface area contributed by atoms with E-state index in [1.54, 1.807) is 29.4 Å². The second-order valence-corrected chi connectivity index (χ2v) is 9.76. The van der Waals surface area contributed by atoms with E-state index in [4.69, 9.17) is 0 Å². The first-order valence-corrected chi connectivity index (χ1v) is 11.8. The van der Waals surface area contributed by atoms with Crippen LogP contribution in [-0.2, 0) is 22.4 Å². The Morgan fingerprint density at radius 1 is 1.26 bits per heavy atom. The second kappa shape index (κ2) is 8.83. The summed E-state index contributed by atoms with van der Waals surface area (Å²) in [6.07, 6.45) is 4.65. The number of nitrogens with zero attached hydrogens (tertiary/aromatic N) is 2. The van der Waals surface area contributed by atoms with Crippen LogP contribution in [0, 0.1) is 5.92 Å². The number of thiophene rings is 1. The molecule has 1 N–H and O–H groups in total. The maximum atomic E-state index is 13.2. The number of hydrogen-bond acceptors (Lipinski definition) is 4. The fourth-order valence-electron chi connectivity index (χ4n) is 4.56. The molecule has 2 aliphatic rings. The first-order chi connectivity index (χ1) is 14.9. The second-order valence-electron chi connectivity index (χ2n) is 8.62. The molecule has 1 aromatic heterocycles. The summed E-state index contributed by atoms with van der Waals surface area (Å²) >= 11 is 1.57. The highest BCUT2D eigenvalue weighted by Gasteiger charge is 2.31. The molecule has 6 nitrogen and oxygen atoms in total. The zero-order valence-corrected chi connectivity index (χ0v) is 19.1. The standard InChI is InChI=1S/C24H29N3O3S/c1-4-16-9-10-20-17(12-16)13-21(31-20)24(30)26(3)14-23(29)27-15(2)11-22(28)25-18-7-5-6-8-19(18)27/h5-8,13,15-16H,4,9-12,14H2,1-3H3,(H,25,28)/t15-,16-/m0/s1. The number of carbonyl (C=O) groups excluding carboxylic acids is 3. The van der Waals surface area contributed by atoms with Crippen molar-refractivity contribution in [2.24, 2.45) is 5.92 Å². The van der Waals surface area contributed by atoms with E-state index in [2.05, 4.69) is 12.2 Å². The van der Waals surface area contributed by atoms with Gasteiger partial charge in [-0.15, -0.1) is 11.3 Å². The summed E-state index contributed by atoms with van der Waals surface area (Å²) in [5.74, 6) is 0.268. The molecule has 0 saturated carbocycles. The van der Waals surface area contributed by atoms with E-state index in [9.17, 15) is 14.4 Å². The molecule has 1 aliphatic heterocycles. The van der Waals surface area contributed by atoms with Crippen LogP contribution in [0.5, 0.6) is 0 Å². The van der Waals surface area contributed by atoms with Gasteiger partial charge in [0.2, 0.25) is 11.8 Å². The highest BCUT2D eigenvalue weighted by atomic mass is 32.1. The van der Waals surface area contributed by atoms with Crippen molar-refractivity contribution < 1.29 is 14.4 Å². The average Bonchev–Trinajstić information content (AvgIpc) is 3.11. The topological polar surface area (TPSA) is 69.7 Å². The zero-order chi connectivity index (χ0) is 22.1. The number of para-hydroxylation sites is 2. The van der Waals surface area contributed by atoms with Gasteiger partial charge in [-0.05, 0) is 55.9 Å². The molecule has 4 rings (SSSR count). The van der Waals surface area contributed by atoms with Crippen LogP contribution in [0.2, 0.25) is 0 Å². The lowest BCUT2D eigenvalue weighted by atomic mass is 9.87. The summed E-state index contributed by atoms with van der Waals surface area (Å²) in [6.45, 7) is 4.04. The summed E-state index contributed by atoms with van der Waals surface area (Å²) in [5.41, 5.74) is 2.59. The molecule has 2 aromatic rings. The molecule has 2 atom stereocenters. The molecule has 31 heavy (non-hydrogen) atoms. The van der Waals surface area contributed by atoms with Crippen molar-refractivity contribution in [2.45, 2.75) is 52.0 Å². The lowest BCUT2D eigenvalue weighted by molar-refractivity contribution is -0.119. The van der Waals surface area contributed by atoms with Gasteiger partial charge in [0.25, 0.3) is 5.91 Å². The summed E-state index contributed by atoms with van der Waals surface area (Å²) < 4.78 is 0. The molecule has 0 fully saturated rings. The third-order valence-corrected chi connectivity index (χ3v) is 7.55. The maximum Gasteiger partial charge on any atom is 0.264 e. The lowest BCUT2D eigenvalue weighted by Crippen LogP contribution is -2.45. The summed E-state index contributed by atoms with van der Waals surface area (Å²) in [4.78, 5) is 43.6. The minimum Gasteiger partial charge on any atom is -0.332 e. The highest BCUT2D eigenvalue weighted by molar-refractivity contribution is 7.14. The third-order valence-electron chi connectivity index (χ3n) is 6.32. The maximum absolute atomic E-state index is 13.2. The molecule has 0 radical (unpaired) electrons. The predicted octanol–water partition coefficient (Wildman–Crippen LogP) is 4.10. The van der Waals surface area contributed by atoms with Crippen LogP contribution in [0.25, 0.3) is 0 Å². The number of fused-ring (bicyclic) bond motifs is 2. The highest BCUT2D eigenvalue weighted by Crippen LogP contribution is 2.34.